The van der Waals surface area contributed by atoms with Crippen LogP contribution >= 0.6 is 0 Å². The molecule has 3 rings (SSSR count). The summed E-state index contributed by atoms with van der Waals surface area (Å²) in [6.45, 7) is 5.25. The lowest BCUT2D eigenvalue weighted by Gasteiger charge is -2.28. The van der Waals surface area contributed by atoms with E-state index < -0.39 is 27.3 Å². The molecular formula is C21H26FN3O3S. The summed E-state index contributed by atoms with van der Waals surface area (Å²) >= 11 is 0. The first-order valence-electron chi connectivity index (χ1n) is 9.54. The Morgan fingerprint density at radius 1 is 1.07 bits per heavy atom. The zero-order valence-electron chi connectivity index (χ0n) is 16.8. The van der Waals surface area contributed by atoms with Gasteiger partial charge in [0.05, 0.1) is 4.90 Å². The van der Waals surface area contributed by atoms with Crippen LogP contribution in [0, 0.1) is 5.82 Å². The summed E-state index contributed by atoms with van der Waals surface area (Å²) in [4.78, 5) is 12.7. The zero-order chi connectivity index (χ0) is 21.2. The van der Waals surface area contributed by atoms with Crippen molar-refractivity contribution in [3.63, 3.8) is 0 Å². The van der Waals surface area contributed by atoms with E-state index in [4.69, 9.17) is 0 Å². The highest BCUT2D eigenvalue weighted by Crippen LogP contribution is 2.27. The van der Waals surface area contributed by atoms with Crippen LogP contribution < -0.4 is 15.4 Å². The SMILES string of the molecule is CC(C)(C)NS(=O)(=O)c1cc(NC2CCC2)cc(C(=O)Nc2cccc(F)c2)c1. The van der Waals surface area contributed by atoms with Crippen molar-refractivity contribution in [2.24, 2.45) is 0 Å². The minimum absolute atomic E-state index is 0.00106. The number of benzene rings is 2. The second-order valence-corrected chi connectivity index (χ2v) is 10.0. The number of hydrogen-bond donors (Lipinski definition) is 3. The highest BCUT2D eigenvalue weighted by Gasteiger charge is 2.25. The van der Waals surface area contributed by atoms with Crippen molar-refractivity contribution in [1.82, 2.24) is 4.72 Å². The Morgan fingerprint density at radius 2 is 1.79 bits per heavy atom. The molecule has 2 aromatic rings. The molecule has 1 saturated carbocycles. The van der Waals surface area contributed by atoms with Gasteiger partial charge in [-0.1, -0.05) is 6.07 Å². The molecule has 0 aliphatic heterocycles. The van der Waals surface area contributed by atoms with Crippen molar-refractivity contribution in [3.8, 4) is 0 Å². The molecule has 1 amide bonds. The number of amides is 1. The van der Waals surface area contributed by atoms with Crippen LogP contribution in [0.3, 0.4) is 0 Å². The van der Waals surface area contributed by atoms with Gasteiger partial charge in [-0.25, -0.2) is 17.5 Å². The predicted molar refractivity (Wildman–Crippen MR) is 112 cm³/mol. The molecule has 0 unspecified atom stereocenters. The maximum absolute atomic E-state index is 13.4. The third-order valence-corrected chi connectivity index (χ3v) is 6.22. The van der Waals surface area contributed by atoms with Gasteiger partial charge >= 0.3 is 0 Å². The number of nitrogens with one attached hydrogen (secondary N) is 3. The highest BCUT2D eigenvalue weighted by molar-refractivity contribution is 7.89. The fourth-order valence-electron chi connectivity index (χ4n) is 2.99. The standard InChI is InChI=1S/C21H26FN3O3S/c1-21(2,3)25-29(27,28)19-11-14(10-18(13-19)23-16-7-5-8-16)20(26)24-17-9-4-6-15(22)12-17/h4,6,9-13,16,23,25H,5,7-8H2,1-3H3,(H,24,26). The summed E-state index contributed by atoms with van der Waals surface area (Å²) in [5.74, 6) is -0.985. The number of hydrogen-bond acceptors (Lipinski definition) is 4. The largest absolute Gasteiger partial charge is 0.382 e. The van der Waals surface area contributed by atoms with Gasteiger partial charge in [-0.2, -0.15) is 0 Å². The first-order chi connectivity index (χ1) is 13.5. The molecule has 0 aromatic heterocycles. The molecule has 1 aliphatic rings. The second kappa shape index (κ2) is 8.12. The zero-order valence-corrected chi connectivity index (χ0v) is 17.6. The van der Waals surface area contributed by atoms with E-state index in [-0.39, 0.29) is 16.5 Å². The van der Waals surface area contributed by atoms with Gasteiger partial charge in [0, 0.05) is 28.5 Å². The van der Waals surface area contributed by atoms with Gasteiger partial charge in [0.25, 0.3) is 5.91 Å². The molecule has 0 bridgehead atoms. The minimum atomic E-state index is -3.83. The van der Waals surface area contributed by atoms with E-state index in [0.29, 0.717) is 11.4 Å². The fraction of sp³-hybridized carbons (Fsp3) is 0.381. The van der Waals surface area contributed by atoms with E-state index >= 15 is 0 Å². The highest BCUT2D eigenvalue weighted by atomic mass is 32.2. The summed E-state index contributed by atoms with van der Waals surface area (Å²) in [5.41, 5.74) is 0.369. The molecule has 0 spiro atoms. The molecule has 156 valence electrons. The topological polar surface area (TPSA) is 87.3 Å². The lowest BCUT2D eigenvalue weighted by atomic mass is 9.93. The number of carbonyl (C=O) groups excluding carboxylic acids is 1. The average molecular weight is 420 g/mol. The summed E-state index contributed by atoms with van der Waals surface area (Å²) in [7, 11) is -3.83. The molecule has 0 heterocycles. The molecular weight excluding hydrogens is 393 g/mol. The Labute approximate surface area is 171 Å². The Kier molecular flexibility index (Phi) is 5.95. The number of anilines is 2. The summed E-state index contributed by atoms with van der Waals surface area (Å²) in [6.07, 6.45) is 3.12. The molecule has 0 saturated heterocycles. The van der Waals surface area contributed by atoms with Crippen molar-refractivity contribution >= 4 is 27.3 Å². The summed E-state index contributed by atoms with van der Waals surface area (Å²) < 4.78 is 41.7. The van der Waals surface area contributed by atoms with Gasteiger partial charge in [-0.15, -0.1) is 0 Å². The van der Waals surface area contributed by atoms with Gasteiger partial charge < -0.3 is 10.6 Å². The van der Waals surface area contributed by atoms with Crippen LogP contribution in [0.4, 0.5) is 15.8 Å². The van der Waals surface area contributed by atoms with Crippen LogP contribution in [0.1, 0.15) is 50.4 Å². The fourth-order valence-corrected chi connectivity index (χ4v) is 4.48. The van der Waals surface area contributed by atoms with Gasteiger partial charge in [0.1, 0.15) is 5.82 Å². The maximum Gasteiger partial charge on any atom is 0.255 e. The number of halogens is 1. The smallest absolute Gasteiger partial charge is 0.255 e. The van der Waals surface area contributed by atoms with Crippen LogP contribution in [0.5, 0.6) is 0 Å². The first-order valence-corrected chi connectivity index (χ1v) is 11.0. The van der Waals surface area contributed by atoms with E-state index in [1.807, 2.05) is 0 Å². The van der Waals surface area contributed by atoms with Crippen molar-refractivity contribution < 1.29 is 17.6 Å². The van der Waals surface area contributed by atoms with Gasteiger partial charge in [-0.3, -0.25) is 4.79 Å². The molecule has 8 heteroatoms. The van der Waals surface area contributed by atoms with E-state index in [1.165, 1.54) is 30.3 Å². The molecule has 29 heavy (non-hydrogen) atoms. The molecule has 0 radical (unpaired) electrons. The third kappa shape index (κ3) is 5.77. The third-order valence-electron chi connectivity index (χ3n) is 4.48. The lowest BCUT2D eigenvalue weighted by Crippen LogP contribution is -2.40. The van der Waals surface area contributed by atoms with Crippen LogP contribution in [0.25, 0.3) is 0 Å². The number of sulfonamides is 1. The molecule has 6 nitrogen and oxygen atoms in total. The van der Waals surface area contributed by atoms with Crippen molar-refractivity contribution in [1.29, 1.82) is 0 Å². The molecule has 1 aliphatic carbocycles. The van der Waals surface area contributed by atoms with Crippen molar-refractivity contribution in [2.75, 3.05) is 10.6 Å². The lowest BCUT2D eigenvalue weighted by molar-refractivity contribution is 0.102. The van der Waals surface area contributed by atoms with Gasteiger partial charge in [-0.05, 0) is 76.4 Å². The quantitative estimate of drug-likeness (QED) is 0.657. The molecule has 0 atom stereocenters. The Balaban J connectivity index is 1.94. The van der Waals surface area contributed by atoms with E-state index in [0.717, 1.165) is 19.3 Å². The Bertz CT molecular complexity index is 1010. The molecule has 3 N–H and O–H groups in total. The average Bonchev–Trinajstić information content (AvgIpc) is 2.56. The normalized spacial score (nSPS) is 14.9. The van der Waals surface area contributed by atoms with E-state index in [1.54, 1.807) is 32.9 Å². The van der Waals surface area contributed by atoms with E-state index in [2.05, 4.69) is 15.4 Å². The molecule has 1 fully saturated rings. The van der Waals surface area contributed by atoms with Crippen molar-refractivity contribution in [2.45, 2.75) is 56.5 Å². The van der Waals surface area contributed by atoms with Crippen LogP contribution in [-0.4, -0.2) is 25.9 Å². The summed E-state index contributed by atoms with van der Waals surface area (Å²) in [6, 6.07) is 10.3. The van der Waals surface area contributed by atoms with Crippen LogP contribution in [0.2, 0.25) is 0 Å². The van der Waals surface area contributed by atoms with Gasteiger partial charge in [0.15, 0.2) is 0 Å². The Morgan fingerprint density at radius 3 is 2.38 bits per heavy atom. The minimum Gasteiger partial charge on any atom is -0.382 e. The van der Waals surface area contributed by atoms with Crippen LogP contribution in [-0.2, 0) is 10.0 Å². The van der Waals surface area contributed by atoms with Crippen molar-refractivity contribution in [3.05, 3.63) is 53.8 Å². The first kappa shape index (κ1) is 21.3. The number of carbonyl (C=O) groups is 1. The van der Waals surface area contributed by atoms with Gasteiger partial charge in [0.2, 0.25) is 10.0 Å². The monoisotopic (exact) mass is 419 g/mol. The van der Waals surface area contributed by atoms with E-state index in [9.17, 15) is 17.6 Å². The number of rotatable bonds is 6. The maximum atomic E-state index is 13.4. The predicted octanol–water partition coefficient (Wildman–Crippen LogP) is 4.12. The second-order valence-electron chi connectivity index (χ2n) is 8.34. The molecule has 2 aromatic carbocycles. The summed E-state index contributed by atoms with van der Waals surface area (Å²) in [5, 5.41) is 5.90. The Hall–Kier alpha value is -2.45. The van der Waals surface area contributed by atoms with Crippen LogP contribution in [0.15, 0.2) is 47.4 Å².